The molecule has 7 nitrogen and oxygen atoms in total. The molecule has 0 bridgehead atoms. The molecule has 0 saturated carbocycles. The Morgan fingerprint density at radius 2 is 2.03 bits per heavy atom. The highest BCUT2D eigenvalue weighted by Gasteiger charge is 2.20. The molecule has 31 heavy (non-hydrogen) atoms. The van der Waals surface area contributed by atoms with Crippen LogP contribution >= 0.6 is 0 Å². The smallest absolute Gasteiger partial charge is 0.290 e. The topological polar surface area (TPSA) is 93.0 Å². The van der Waals surface area contributed by atoms with E-state index in [9.17, 15) is 8.78 Å². The van der Waals surface area contributed by atoms with Crippen LogP contribution in [0.4, 0.5) is 8.78 Å². The van der Waals surface area contributed by atoms with Gasteiger partial charge in [0.2, 0.25) is 0 Å². The summed E-state index contributed by atoms with van der Waals surface area (Å²) < 4.78 is 35.6. The van der Waals surface area contributed by atoms with Crippen LogP contribution in [-0.2, 0) is 17.8 Å². The van der Waals surface area contributed by atoms with Crippen LogP contribution in [0, 0.1) is 18.6 Å². The summed E-state index contributed by atoms with van der Waals surface area (Å²) >= 11 is 0. The molecule has 0 radical (unpaired) electrons. The van der Waals surface area contributed by atoms with Crippen molar-refractivity contribution in [3.05, 3.63) is 65.7 Å². The molecule has 2 N–H and O–H groups in total. The van der Waals surface area contributed by atoms with Crippen molar-refractivity contribution in [1.82, 2.24) is 19.5 Å². The number of nitrogens with zero attached hydrogens (tertiary/aromatic N) is 3. The van der Waals surface area contributed by atoms with Crippen LogP contribution in [0.5, 0.6) is 5.75 Å². The predicted molar refractivity (Wildman–Crippen MR) is 112 cm³/mol. The molecule has 2 heterocycles. The summed E-state index contributed by atoms with van der Waals surface area (Å²) in [7, 11) is 1.35. The van der Waals surface area contributed by atoms with Gasteiger partial charge in [-0.15, -0.1) is 0 Å². The zero-order valence-electron chi connectivity index (χ0n) is 17.1. The van der Waals surface area contributed by atoms with E-state index >= 15 is 0 Å². The van der Waals surface area contributed by atoms with E-state index in [1.807, 2.05) is 19.1 Å². The molecule has 0 fully saturated rings. The van der Waals surface area contributed by atoms with Crippen LogP contribution in [0.15, 0.2) is 42.7 Å². The van der Waals surface area contributed by atoms with Crippen LogP contribution in [0.1, 0.15) is 17.8 Å². The third-order valence-corrected chi connectivity index (χ3v) is 4.71. The van der Waals surface area contributed by atoms with E-state index < -0.39 is 11.6 Å². The molecule has 4 aromatic rings. The summed E-state index contributed by atoms with van der Waals surface area (Å²) in [6.07, 6.45) is 4.72. The van der Waals surface area contributed by atoms with Crippen molar-refractivity contribution in [2.75, 3.05) is 7.11 Å². The van der Waals surface area contributed by atoms with Crippen LogP contribution < -0.4 is 4.74 Å². The van der Waals surface area contributed by atoms with E-state index in [2.05, 4.69) is 21.0 Å². The number of aryl methyl sites for hydroxylation is 3. The average Bonchev–Trinajstić information content (AvgIpc) is 3.35. The molecule has 0 aliphatic rings. The molecule has 4 rings (SSSR count). The first-order valence-electron chi connectivity index (χ1n) is 9.55. The third-order valence-electron chi connectivity index (χ3n) is 4.71. The Bertz CT molecular complexity index is 1190. The molecule has 2 aromatic heterocycles. The molecule has 2 aromatic carbocycles. The highest BCUT2D eigenvalue weighted by atomic mass is 19.1. The minimum Gasteiger partial charge on any atom is -0.494 e. The number of carboxylic acid groups (broad SMARTS) is 1. The number of ether oxygens (including phenoxy) is 1. The van der Waals surface area contributed by atoms with Crippen molar-refractivity contribution in [3.63, 3.8) is 0 Å². The molecule has 0 aliphatic heterocycles. The summed E-state index contributed by atoms with van der Waals surface area (Å²) in [5.41, 5.74) is 2.94. The Morgan fingerprint density at radius 3 is 2.77 bits per heavy atom. The Labute approximate surface area is 177 Å². The number of methoxy groups -OCH3 is 1. The number of imidazole rings is 2. The highest BCUT2D eigenvalue weighted by molar-refractivity contribution is 5.75. The summed E-state index contributed by atoms with van der Waals surface area (Å²) in [6, 6.07) is 8.54. The fourth-order valence-electron chi connectivity index (χ4n) is 3.33. The SMILES string of the molecule is COc1ccc(F)c(-c2nccn2CCCc2nc3ccc(C)cc3[nH]2)c1F.O=CO. The fraction of sp³-hybridized carbons (Fsp3) is 0.227. The second-order valence-electron chi connectivity index (χ2n) is 6.80. The number of hydrogen-bond acceptors (Lipinski definition) is 4. The summed E-state index contributed by atoms with van der Waals surface area (Å²) in [5.74, 6) is -0.292. The molecule has 0 atom stereocenters. The number of hydrogen-bond donors (Lipinski definition) is 2. The van der Waals surface area contributed by atoms with Gasteiger partial charge in [0.1, 0.15) is 17.5 Å². The standard InChI is InChI=1S/C21H20F2N4O.CH2O2/c1-13-5-7-15-16(12-13)26-18(25-15)4-3-10-27-11-9-24-21(27)19-14(22)6-8-17(28-2)20(19)23;2-1-3/h5-9,11-12H,3-4,10H2,1-2H3,(H,25,26);1H,(H,2,3). The zero-order chi connectivity index (χ0) is 22.4. The number of aromatic amines is 1. The molecular weight excluding hydrogens is 406 g/mol. The minimum absolute atomic E-state index is 0.0106. The Morgan fingerprint density at radius 1 is 1.26 bits per heavy atom. The van der Waals surface area contributed by atoms with E-state index in [0.29, 0.717) is 13.0 Å². The number of halogens is 2. The number of aromatic nitrogens is 4. The quantitative estimate of drug-likeness (QED) is 0.445. The fourth-order valence-corrected chi connectivity index (χ4v) is 3.33. The van der Waals surface area contributed by atoms with E-state index in [0.717, 1.165) is 23.3 Å². The van der Waals surface area contributed by atoms with E-state index in [4.69, 9.17) is 14.6 Å². The molecule has 0 amide bonds. The largest absolute Gasteiger partial charge is 0.494 e. The second kappa shape index (κ2) is 9.84. The maximum absolute atomic E-state index is 14.6. The van der Waals surface area contributed by atoms with Gasteiger partial charge in [-0.2, -0.15) is 0 Å². The average molecular weight is 428 g/mol. The Hall–Kier alpha value is -3.75. The predicted octanol–water partition coefficient (Wildman–Crippen LogP) is 4.36. The van der Waals surface area contributed by atoms with Crippen LogP contribution in [0.3, 0.4) is 0 Å². The lowest BCUT2D eigenvalue weighted by molar-refractivity contribution is -0.122. The zero-order valence-corrected chi connectivity index (χ0v) is 17.1. The summed E-state index contributed by atoms with van der Waals surface area (Å²) in [4.78, 5) is 20.4. The van der Waals surface area contributed by atoms with Gasteiger partial charge in [-0.1, -0.05) is 6.07 Å². The molecule has 162 valence electrons. The molecule has 9 heteroatoms. The highest BCUT2D eigenvalue weighted by Crippen LogP contribution is 2.31. The van der Waals surface area contributed by atoms with Crippen molar-refractivity contribution in [1.29, 1.82) is 0 Å². The van der Waals surface area contributed by atoms with Crippen molar-refractivity contribution < 1.29 is 23.4 Å². The number of nitrogens with one attached hydrogen (secondary N) is 1. The lowest BCUT2D eigenvalue weighted by Crippen LogP contribution is -2.05. The van der Waals surface area contributed by atoms with E-state index in [1.54, 1.807) is 10.8 Å². The maximum atomic E-state index is 14.6. The van der Waals surface area contributed by atoms with Gasteiger partial charge in [0.05, 0.1) is 23.7 Å². The van der Waals surface area contributed by atoms with Crippen molar-refractivity contribution in [2.24, 2.45) is 0 Å². The Kier molecular flexibility index (Phi) is 6.96. The van der Waals surface area contributed by atoms with E-state index in [-0.39, 0.29) is 23.6 Å². The summed E-state index contributed by atoms with van der Waals surface area (Å²) in [5, 5.41) is 6.89. The van der Waals surface area contributed by atoms with Gasteiger partial charge in [-0.25, -0.2) is 18.7 Å². The number of carbonyl (C=O) groups is 1. The van der Waals surface area contributed by atoms with Crippen molar-refractivity contribution in [3.8, 4) is 17.1 Å². The first kappa shape index (κ1) is 21.9. The summed E-state index contributed by atoms with van der Waals surface area (Å²) in [6.45, 7) is 2.35. The van der Waals surface area contributed by atoms with Crippen molar-refractivity contribution in [2.45, 2.75) is 26.3 Å². The number of H-pyrrole nitrogens is 1. The van der Waals surface area contributed by atoms with Crippen molar-refractivity contribution >= 4 is 17.5 Å². The van der Waals surface area contributed by atoms with Crippen LogP contribution in [-0.4, -0.2) is 38.2 Å². The van der Waals surface area contributed by atoms with Gasteiger partial charge in [-0.05, 0) is 43.2 Å². The molecular formula is C22H22F2N4O3. The molecule has 0 aliphatic carbocycles. The monoisotopic (exact) mass is 428 g/mol. The number of rotatable bonds is 6. The number of benzene rings is 2. The van der Waals surface area contributed by atoms with Gasteiger partial charge < -0.3 is 19.4 Å². The van der Waals surface area contributed by atoms with Gasteiger partial charge in [0, 0.05) is 25.4 Å². The van der Waals surface area contributed by atoms with Gasteiger partial charge in [0.15, 0.2) is 11.6 Å². The first-order chi connectivity index (χ1) is 15.0. The van der Waals surface area contributed by atoms with Gasteiger partial charge in [-0.3, -0.25) is 4.79 Å². The lowest BCUT2D eigenvalue weighted by Gasteiger charge is -2.11. The lowest BCUT2D eigenvalue weighted by atomic mass is 10.1. The molecule has 0 saturated heterocycles. The maximum Gasteiger partial charge on any atom is 0.290 e. The third kappa shape index (κ3) is 4.88. The minimum atomic E-state index is -0.748. The van der Waals surface area contributed by atoms with E-state index in [1.165, 1.54) is 31.0 Å². The molecule has 0 unspecified atom stereocenters. The van der Waals surface area contributed by atoms with Crippen LogP contribution in [0.25, 0.3) is 22.4 Å². The normalized spacial score (nSPS) is 10.6. The van der Waals surface area contributed by atoms with Crippen LogP contribution in [0.2, 0.25) is 0 Å². The Balaban J connectivity index is 0.000000858. The second-order valence-corrected chi connectivity index (χ2v) is 6.80. The number of fused-ring (bicyclic) bond motifs is 1. The molecule has 0 spiro atoms. The van der Waals surface area contributed by atoms with Gasteiger partial charge >= 0.3 is 0 Å². The first-order valence-corrected chi connectivity index (χ1v) is 9.55. The van der Waals surface area contributed by atoms with Gasteiger partial charge in [0.25, 0.3) is 6.47 Å².